The molecule has 5 nitrogen and oxygen atoms in total. The highest BCUT2D eigenvalue weighted by Crippen LogP contribution is 2.25. The van der Waals surface area contributed by atoms with Crippen molar-refractivity contribution in [3.8, 4) is 0 Å². The highest BCUT2D eigenvalue weighted by atomic mass is 16.2. The van der Waals surface area contributed by atoms with Crippen LogP contribution in [0.3, 0.4) is 0 Å². The molecule has 0 spiro atoms. The zero-order valence-corrected chi connectivity index (χ0v) is 20.7. The van der Waals surface area contributed by atoms with Crippen molar-refractivity contribution in [1.29, 1.82) is 0 Å². The average Bonchev–Trinajstić information content (AvgIpc) is 2.94. The van der Waals surface area contributed by atoms with Crippen LogP contribution in [0.15, 0.2) is 103 Å². The number of nitrogens with one attached hydrogen (secondary N) is 2. The molecule has 5 heteroatoms. The lowest BCUT2D eigenvalue weighted by Gasteiger charge is -2.27. The Balaban J connectivity index is 1.27. The minimum Gasteiger partial charge on any atom is -0.351 e. The second-order valence-electron chi connectivity index (χ2n) is 8.80. The van der Waals surface area contributed by atoms with Crippen molar-refractivity contribution in [3.63, 3.8) is 0 Å². The lowest BCUT2D eigenvalue weighted by molar-refractivity contribution is -0.130. The van der Waals surface area contributed by atoms with E-state index in [1.165, 1.54) is 11.1 Å². The number of nitrogens with zero attached hydrogens (tertiary/aromatic N) is 1. The van der Waals surface area contributed by atoms with E-state index in [1.54, 1.807) is 0 Å². The molecule has 0 aliphatic heterocycles. The van der Waals surface area contributed by atoms with Crippen molar-refractivity contribution in [3.05, 3.63) is 120 Å². The van der Waals surface area contributed by atoms with Gasteiger partial charge < -0.3 is 15.5 Å². The molecule has 0 bridgehead atoms. The molecule has 0 atom stereocenters. The Kier molecular flexibility index (Phi) is 8.84. The zero-order valence-electron chi connectivity index (χ0n) is 20.7. The zero-order chi connectivity index (χ0) is 25.2. The van der Waals surface area contributed by atoms with Gasteiger partial charge in [0.1, 0.15) is 0 Å². The van der Waals surface area contributed by atoms with Crippen molar-refractivity contribution in [1.82, 2.24) is 15.5 Å². The predicted octanol–water partition coefficient (Wildman–Crippen LogP) is 4.84. The minimum absolute atomic E-state index is 0.0511. The molecule has 4 aromatic carbocycles. The minimum atomic E-state index is -0.113. The summed E-state index contributed by atoms with van der Waals surface area (Å²) in [5.41, 5.74) is 3.02. The third-order valence-corrected chi connectivity index (χ3v) is 6.42. The van der Waals surface area contributed by atoms with Crippen LogP contribution < -0.4 is 10.6 Å². The molecule has 0 fully saturated rings. The third-order valence-electron chi connectivity index (χ3n) is 6.42. The van der Waals surface area contributed by atoms with Gasteiger partial charge in [-0.15, -0.1) is 0 Å². The fraction of sp³-hybridized carbons (Fsp3) is 0.226. The SMILES string of the molecule is CCN(CC(c1ccccc1)c1ccccc1)C(=O)CNCCNC(=O)c1ccc2ccccc2c1. The van der Waals surface area contributed by atoms with Crippen molar-refractivity contribution in [2.75, 3.05) is 32.7 Å². The van der Waals surface area contributed by atoms with Gasteiger partial charge in [0.05, 0.1) is 6.54 Å². The van der Waals surface area contributed by atoms with Gasteiger partial charge in [-0.05, 0) is 41.0 Å². The monoisotopic (exact) mass is 479 g/mol. The van der Waals surface area contributed by atoms with E-state index < -0.39 is 0 Å². The molecular formula is C31H33N3O2. The van der Waals surface area contributed by atoms with Crippen molar-refractivity contribution in [2.45, 2.75) is 12.8 Å². The van der Waals surface area contributed by atoms with Crippen molar-refractivity contribution in [2.24, 2.45) is 0 Å². The van der Waals surface area contributed by atoms with Crippen LogP contribution in [0.5, 0.6) is 0 Å². The molecule has 36 heavy (non-hydrogen) atoms. The van der Waals surface area contributed by atoms with Gasteiger partial charge in [-0.2, -0.15) is 0 Å². The molecule has 0 aromatic heterocycles. The van der Waals surface area contributed by atoms with E-state index in [0.29, 0.717) is 31.7 Å². The number of benzene rings is 4. The Morgan fingerprint density at radius 3 is 2.00 bits per heavy atom. The van der Waals surface area contributed by atoms with Crippen LogP contribution in [-0.4, -0.2) is 49.4 Å². The summed E-state index contributed by atoms with van der Waals surface area (Å²) in [6, 6.07) is 34.3. The summed E-state index contributed by atoms with van der Waals surface area (Å²) in [5, 5.41) is 8.26. The first kappa shape index (κ1) is 25.1. The summed E-state index contributed by atoms with van der Waals surface area (Å²) < 4.78 is 0. The number of carbonyl (C=O) groups excluding carboxylic acids is 2. The normalized spacial score (nSPS) is 10.9. The number of carbonyl (C=O) groups is 2. The molecule has 184 valence electrons. The fourth-order valence-corrected chi connectivity index (χ4v) is 4.41. The van der Waals surface area contributed by atoms with Gasteiger partial charge in [0.25, 0.3) is 5.91 Å². The first-order chi connectivity index (χ1) is 17.7. The fourth-order valence-electron chi connectivity index (χ4n) is 4.41. The first-order valence-electron chi connectivity index (χ1n) is 12.5. The van der Waals surface area contributed by atoms with E-state index in [9.17, 15) is 9.59 Å². The van der Waals surface area contributed by atoms with Crippen LogP contribution in [0.1, 0.15) is 34.3 Å². The summed E-state index contributed by atoms with van der Waals surface area (Å²) >= 11 is 0. The Morgan fingerprint density at radius 1 is 0.750 bits per heavy atom. The molecule has 0 saturated heterocycles. The van der Waals surface area contributed by atoms with Gasteiger partial charge in [0, 0.05) is 37.7 Å². The van der Waals surface area contributed by atoms with E-state index in [1.807, 2.05) is 90.7 Å². The van der Waals surface area contributed by atoms with E-state index in [-0.39, 0.29) is 24.3 Å². The maximum Gasteiger partial charge on any atom is 0.251 e. The van der Waals surface area contributed by atoms with Gasteiger partial charge >= 0.3 is 0 Å². The quantitative estimate of drug-likeness (QED) is 0.303. The van der Waals surface area contributed by atoms with Crippen molar-refractivity contribution >= 4 is 22.6 Å². The number of likely N-dealkylation sites (N-methyl/N-ethyl adjacent to an activating group) is 1. The molecule has 4 rings (SSSR count). The summed E-state index contributed by atoms with van der Waals surface area (Å²) in [6.45, 7) is 4.45. The molecular weight excluding hydrogens is 446 g/mol. The van der Waals surface area contributed by atoms with Crippen LogP contribution >= 0.6 is 0 Å². The molecule has 4 aromatic rings. The average molecular weight is 480 g/mol. The standard InChI is InChI=1S/C31H33N3O2/c1-2-34(23-29(25-12-5-3-6-13-25)26-14-7-4-8-15-26)30(35)22-32-19-20-33-31(36)28-18-17-24-11-9-10-16-27(24)21-28/h3-18,21,29,32H,2,19-20,22-23H2,1H3,(H,33,36). The maximum atomic E-state index is 13.0. The van der Waals surface area contributed by atoms with Crippen LogP contribution in [0, 0.1) is 0 Å². The Morgan fingerprint density at radius 2 is 1.36 bits per heavy atom. The smallest absolute Gasteiger partial charge is 0.251 e. The summed E-state index contributed by atoms with van der Waals surface area (Å²) in [7, 11) is 0. The molecule has 0 aliphatic carbocycles. The highest BCUT2D eigenvalue weighted by molar-refractivity contribution is 5.98. The van der Waals surface area contributed by atoms with Gasteiger partial charge in [-0.3, -0.25) is 9.59 Å². The second kappa shape index (κ2) is 12.7. The lowest BCUT2D eigenvalue weighted by Crippen LogP contribution is -2.42. The van der Waals surface area contributed by atoms with E-state index in [0.717, 1.165) is 10.8 Å². The number of amides is 2. The van der Waals surface area contributed by atoms with Gasteiger partial charge in [-0.1, -0.05) is 91.0 Å². The molecule has 0 radical (unpaired) electrons. The molecule has 0 heterocycles. The van der Waals surface area contributed by atoms with Gasteiger partial charge in [0.2, 0.25) is 5.91 Å². The molecule has 2 amide bonds. The number of hydrogen-bond acceptors (Lipinski definition) is 3. The van der Waals surface area contributed by atoms with E-state index >= 15 is 0 Å². The Hall–Kier alpha value is -3.96. The van der Waals surface area contributed by atoms with Crippen LogP contribution in [0.4, 0.5) is 0 Å². The predicted molar refractivity (Wildman–Crippen MR) is 146 cm³/mol. The van der Waals surface area contributed by atoms with Crippen LogP contribution in [0.2, 0.25) is 0 Å². The third kappa shape index (κ3) is 6.58. The number of fused-ring (bicyclic) bond motifs is 1. The van der Waals surface area contributed by atoms with Crippen molar-refractivity contribution < 1.29 is 9.59 Å². The lowest BCUT2D eigenvalue weighted by atomic mass is 9.91. The van der Waals surface area contributed by atoms with Crippen LogP contribution in [-0.2, 0) is 4.79 Å². The van der Waals surface area contributed by atoms with Gasteiger partial charge in [0.15, 0.2) is 0 Å². The number of rotatable bonds is 11. The Labute approximate surface area is 213 Å². The molecule has 0 saturated carbocycles. The molecule has 0 aliphatic rings. The molecule has 0 unspecified atom stereocenters. The number of hydrogen-bond donors (Lipinski definition) is 2. The van der Waals surface area contributed by atoms with Crippen LogP contribution in [0.25, 0.3) is 10.8 Å². The molecule has 2 N–H and O–H groups in total. The Bertz CT molecular complexity index is 1240. The topological polar surface area (TPSA) is 61.4 Å². The summed E-state index contributed by atoms with van der Waals surface area (Å²) in [6.07, 6.45) is 0. The van der Waals surface area contributed by atoms with E-state index in [4.69, 9.17) is 0 Å². The van der Waals surface area contributed by atoms with E-state index in [2.05, 4.69) is 34.9 Å². The second-order valence-corrected chi connectivity index (χ2v) is 8.80. The largest absolute Gasteiger partial charge is 0.351 e. The highest BCUT2D eigenvalue weighted by Gasteiger charge is 2.20. The maximum absolute atomic E-state index is 13.0. The summed E-state index contributed by atoms with van der Waals surface area (Å²) in [4.78, 5) is 27.4. The van der Waals surface area contributed by atoms with Gasteiger partial charge in [-0.25, -0.2) is 0 Å². The first-order valence-corrected chi connectivity index (χ1v) is 12.5. The summed E-state index contributed by atoms with van der Waals surface area (Å²) in [5.74, 6) is 0.0467.